The van der Waals surface area contributed by atoms with Gasteiger partial charge < -0.3 is 9.88 Å². The minimum absolute atomic E-state index is 0.117. The summed E-state index contributed by atoms with van der Waals surface area (Å²) in [7, 11) is 0. The monoisotopic (exact) mass is 413 g/mol. The van der Waals surface area contributed by atoms with Gasteiger partial charge in [-0.25, -0.2) is 0 Å². The van der Waals surface area contributed by atoms with Crippen LogP contribution in [0.1, 0.15) is 66.7 Å². The van der Waals surface area contributed by atoms with E-state index in [1.807, 2.05) is 30.3 Å². The van der Waals surface area contributed by atoms with Crippen molar-refractivity contribution in [1.29, 1.82) is 0 Å². The van der Waals surface area contributed by atoms with Crippen LogP contribution in [0.2, 0.25) is 0 Å². The molecule has 0 saturated heterocycles. The van der Waals surface area contributed by atoms with Crippen molar-refractivity contribution in [1.82, 2.24) is 9.88 Å². The van der Waals surface area contributed by atoms with E-state index in [2.05, 4.69) is 47.3 Å². The maximum absolute atomic E-state index is 13.3. The molecule has 4 nitrogen and oxygen atoms in total. The maximum Gasteiger partial charge on any atom is 0.270 e. The Morgan fingerprint density at radius 2 is 1.97 bits per heavy atom. The maximum atomic E-state index is 13.3. The summed E-state index contributed by atoms with van der Waals surface area (Å²) in [6.07, 6.45) is 8.87. The van der Waals surface area contributed by atoms with E-state index in [4.69, 9.17) is 4.99 Å². The van der Waals surface area contributed by atoms with Gasteiger partial charge in [0.2, 0.25) is 0 Å². The molecule has 0 bridgehead atoms. The van der Waals surface area contributed by atoms with Gasteiger partial charge in [0.15, 0.2) is 0 Å². The number of nitrogens with zero attached hydrogens (tertiary/aromatic N) is 2. The Bertz CT molecular complexity index is 1070. The van der Waals surface area contributed by atoms with E-state index >= 15 is 0 Å². The first-order chi connectivity index (χ1) is 15.2. The fourth-order valence-corrected chi connectivity index (χ4v) is 5.45. The minimum Gasteiger partial charge on any atom is -0.351 e. The van der Waals surface area contributed by atoms with Gasteiger partial charge in [-0.15, -0.1) is 0 Å². The Morgan fingerprint density at radius 3 is 2.84 bits per heavy atom. The third-order valence-corrected chi connectivity index (χ3v) is 7.07. The standard InChI is InChI=1S/C27H31N3O/c1-2-30(27(31)26-17-21-10-4-6-13-24(21)29-26)22-11-7-8-19(16-22)18-28-25-15-14-20-9-3-5-12-23(20)25/h3-6,9-10,12-13,17-19,22,25,29H,2,7-8,11,14-16H2,1H3/t19?,22-,25+/m0/s1. The Kier molecular flexibility index (Phi) is 5.63. The molecule has 2 aromatic carbocycles. The molecule has 31 heavy (non-hydrogen) atoms. The molecule has 5 rings (SSSR count). The molecular weight excluding hydrogens is 382 g/mol. The molecule has 1 heterocycles. The van der Waals surface area contributed by atoms with Gasteiger partial charge >= 0.3 is 0 Å². The van der Waals surface area contributed by atoms with Crippen molar-refractivity contribution in [3.05, 3.63) is 71.4 Å². The second kappa shape index (κ2) is 8.70. The molecule has 2 aliphatic carbocycles. The number of aromatic amines is 1. The van der Waals surface area contributed by atoms with Crippen molar-refractivity contribution < 1.29 is 4.79 Å². The zero-order valence-electron chi connectivity index (χ0n) is 18.3. The fraction of sp³-hybridized carbons (Fsp3) is 0.407. The first-order valence-electron chi connectivity index (χ1n) is 11.7. The molecule has 4 heteroatoms. The van der Waals surface area contributed by atoms with E-state index < -0.39 is 0 Å². The normalized spacial score (nSPS) is 23.3. The van der Waals surface area contributed by atoms with E-state index in [9.17, 15) is 4.79 Å². The van der Waals surface area contributed by atoms with E-state index in [0.717, 1.165) is 49.6 Å². The number of carbonyl (C=O) groups is 1. The highest BCUT2D eigenvalue weighted by atomic mass is 16.2. The molecule has 0 spiro atoms. The van der Waals surface area contributed by atoms with Crippen LogP contribution in [0.3, 0.4) is 0 Å². The first kappa shape index (κ1) is 20.0. The van der Waals surface area contributed by atoms with Gasteiger partial charge in [0.05, 0.1) is 6.04 Å². The number of fused-ring (bicyclic) bond motifs is 2. The van der Waals surface area contributed by atoms with Crippen molar-refractivity contribution in [3.63, 3.8) is 0 Å². The SMILES string of the molecule is CCN(C(=O)c1cc2ccccc2[nH]1)[C@H]1CCCC(C=N[C@@H]2CCc3ccccc32)C1. The Hall–Kier alpha value is -2.88. The predicted molar refractivity (Wildman–Crippen MR) is 127 cm³/mol. The summed E-state index contributed by atoms with van der Waals surface area (Å²) in [4.78, 5) is 23.7. The van der Waals surface area contributed by atoms with Crippen LogP contribution in [0.15, 0.2) is 59.6 Å². The number of benzene rings is 2. The summed E-state index contributed by atoms with van der Waals surface area (Å²) in [5, 5.41) is 1.09. The van der Waals surface area contributed by atoms with Crippen LogP contribution in [-0.2, 0) is 6.42 Å². The molecule has 1 saturated carbocycles. The van der Waals surface area contributed by atoms with Crippen molar-refractivity contribution >= 4 is 23.0 Å². The second-order valence-electron chi connectivity index (χ2n) is 8.99. The third kappa shape index (κ3) is 4.04. The number of H-pyrrole nitrogens is 1. The average Bonchev–Trinajstić information content (AvgIpc) is 3.43. The highest BCUT2D eigenvalue weighted by molar-refractivity contribution is 5.98. The van der Waals surface area contributed by atoms with Crippen LogP contribution in [0.25, 0.3) is 10.9 Å². The summed E-state index contributed by atoms with van der Waals surface area (Å²) < 4.78 is 0. The molecule has 0 aliphatic heterocycles. The number of hydrogen-bond acceptors (Lipinski definition) is 2. The topological polar surface area (TPSA) is 48.5 Å². The number of aromatic nitrogens is 1. The number of aryl methyl sites for hydroxylation is 1. The van der Waals surface area contributed by atoms with Crippen LogP contribution in [-0.4, -0.2) is 34.6 Å². The van der Waals surface area contributed by atoms with E-state index in [1.165, 1.54) is 17.5 Å². The van der Waals surface area contributed by atoms with Crippen molar-refractivity contribution in [2.75, 3.05) is 6.54 Å². The minimum atomic E-state index is 0.117. The second-order valence-corrected chi connectivity index (χ2v) is 8.99. The largest absolute Gasteiger partial charge is 0.351 e. The van der Waals surface area contributed by atoms with Crippen molar-refractivity contribution in [2.45, 2.75) is 57.5 Å². The number of nitrogens with one attached hydrogen (secondary N) is 1. The van der Waals surface area contributed by atoms with Crippen LogP contribution in [0.5, 0.6) is 0 Å². The molecular formula is C27H31N3O. The van der Waals surface area contributed by atoms with E-state index in [1.54, 1.807) is 0 Å². The lowest BCUT2D eigenvalue weighted by atomic mass is 9.85. The summed E-state index contributed by atoms with van der Waals surface area (Å²) in [5.41, 5.74) is 4.57. The lowest BCUT2D eigenvalue weighted by molar-refractivity contribution is 0.0629. The van der Waals surface area contributed by atoms with Crippen LogP contribution in [0, 0.1) is 5.92 Å². The lowest BCUT2D eigenvalue weighted by Gasteiger charge is -2.36. The zero-order valence-corrected chi connectivity index (χ0v) is 18.3. The zero-order chi connectivity index (χ0) is 21.2. The Labute approximate surface area is 184 Å². The number of para-hydroxylation sites is 1. The van der Waals surface area contributed by atoms with Crippen molar-refractivity contribution in [3.8, 4) is 0 Å². The highest BCUT2D eigenvalue weighted by Crippen LogP contribution is 2.35. The van der Waals surface area contributed by atoms with Crippen LogP contribution < -0.4 is 0 Å². The predicted octanol–water partition coefficient (Wildman–Crippen LogP) is 5.95. The third-order valence-electron chi connectivity index (χ3n) is 7.07. The smallest absolute Gasteiger partial charge is 0.270 e. The van der Waals surface area contributed by atoms with Gasteiger partial charge in [0.1, 0.15) is 5.69 Å². The quantitative estimate of drug-likeness (QED) is 0.517. The molecule has 3 atom stereocenters. The molecule has 1 amide bonds. The summed E-state index contributed by atoms with van der Waals surface area (Å²) in [5.74, 6) is 0.571. The molecule has 2 aliphatic rings. The van der Waals surface area contributed by atoms with Gasteiger partial charge in [0.25, 0.3) is 5.91 Å². The fourth-order valence-electron chi connectivity index (χ4n) is 5.45. The number of carbonyl (C=O) groups excluding carboxylic acids is 1. The van der Waals surface area contributed by atoms with E-state index in [0.29, 0.717) is 17.7 Å². The molecule has 1 unspecified atom stereocenters. The number of hydrogen-bond donors (Lipinski definition) is 1. The molecule has 1 aromatic heterocycles. The van der Waals surface area contributed by atoms with Crippen molar-refractivity contribution in [2.24, 2.45) is 10.9 Å². The summed E-state index contributed by atoms with van der Waals surface area (Å²) in [6.45, 7) is 2.83. The van der Waals surface area contributed by atoms with Gasteiger partial charge in [-0.3, -0.25) is 9.79 Å². The first-order valence-corrected chi connectivity index (χ1v) is 11.7. The molecule has 0 radical (unpaired) electrons. The van der Waals surface area contributed by atoms with Crippen LogP contribution >= 0.6 is 0 Å². The molecule has 3 aromatic rings. The lowest BCUT2D eigenvalue weighted by Crippen LogP contribution is -2.43. The molecule has 160 valence electrons. The molecule has 1 N–H and O–H groups in total. The number of aliphatic imine (C=N–C) groups is 1. The average molecular weight is 414 g/mol. The Balaban J connectivity index is 1.28. The highest BCUT2D eigenvalue weighted by Gasteiger charge is 2.30. The van der Waals surface area contributed by atoms with Gasteiger partial charge in [-0.2, -0.15) is 0 Å². The van der Waals surface area contributed by atoms with Gasteiger partial charge in [-0.05, 0) is 68.2 Å². The summed E-state index contributed by atoms with van der Waals surface area (Å²) in [6, 6.07) is 19.4. The Morgan fingerprint density at radius 1 is 1.13 bits per heavy atom. The van der Waals surface area contributed by atoms with Gasteiger partial charge in [0, 0.05) is 29.7 Å². The molecule has 1 fully saturated rings. The van der Waals surface area contributed by atoms with Crippen LogP contribution in [0.4, 0.5) is 0 Å². The summed E-state index contributed by atoms with van der Waals surface area (Å²) >= 11 is 0. The number of amides is 1. The number of rotatable bonds is 5. The van der Waals surface area contributed by atoms with Gasteiger partial charge in [-0.1, -0.05) is 48.9 Å². The van der Waals surface area contributed by atoms with E-state index in [-0.39, 0.29) is 11.9 Å².